The van der Waals surface area contributed by atoms with Crippen LogP contribution in [0.25, 0.3) is 0 Å². The van der Waals surface area contributed by atoms with Crippen molar-refractivity contribution in [1.29, 1.82) is 0 Å². The Labute approximate surface area is 120 Å². The summed E-state index contributed by atoms with van der Waals surface area (Å²) < 4.78 is 13.3. The van der Waals surface area contributed by atoms with Gasteiger partial charge < -0.3 is 21.5 Å². The zero-order valence-corrected chi connectivity index (χ0v) is 11.1. The van der Waals surface area contributed by atoms with Crippen LogP contribution in [-0.4, -0.2) is 29.1 Å². The number of benzene rings is 1. The summed E-state index contributed by atoms with van der Waals surface area (Å²) in [5, 5.41) is 13.4. The lowest BCUT2D eigenvalue weighted by Crippen LogP contribution is -2.46. The summed E-state index contributed by atoms with van der Waals surface area (Å²) in [5.41, 5.74) is 5.20. The molecule has 5 N–H and O–H groups in total. The van der Waals surface area contributed by atoms with Crippen LogP contribution in [0.4, 0.5) is 9.18 Å². The van der Waals surface area contributed by atoms with Crippen LogP contribution in [-0.2, 0) is 16.1 Å². The van der Waals surface area contributed by atoms with E-state index in [1.165, 1.54) is 18.2 Å². The average Bonchev–Trinajstić information content (AvgIpc) is 2.42. The molecule has 0 fully saturated rings. The Morgan fingerprint density at radius 1 is 1.29 bits per heavy atom. The van der Waals surface area contributed by atoms with E-state index >= 15 is 0 Å². The van der Waals surface area contributed by atoms with Crippen molar-refractivity contribution in [3.05, 3.63) is 35.6 Å². The molecule has 3 amide bonds. The number of primary amides is 1. The summed E-state index contributed by atoms with van der Waals surface area (Å²) in [6, 6.07) is 3.88. The van der Waals surface area contributed by atoms with Crippen LogP contribution in [0.1, 0.15) is 18.4 Å². The number of halogens is 1. The number of carbonyl (C=O) groups is 3. The molecule has 114 valence electrons. The number of aliphatic carboxylic acids is 1. The van der Waals surface area contributed by atoms with E-state index < -0.39 is 29.8 Å². The lowest BCUT2D eigenvalue weighted by Gasteiger charge is -2.14. The van der Waals surface area contributed by atoms with Gasteiger partial charge in [-0.15, -0.1) is 0 Å². The van der Waals surface area contributed by atoms with Gasteiger partial charge in [-0.2, -0.15) is 0 Å². The Bertz CT molecular complexity index is 536. The first-order valence-electron chi connectivity index (χ1n) is 6.19. The molecule has 21 heavy (non-hydrogen) atoms. The van der Waals surface area contributed by atoms with Gasteiger partial charge in [-0.3, -0.25) is 4.79 Å². The number of nitrogens with two attached hydrogens (primary N) is 1. The minimum absolute atomic E-state index is 0.0827. The predicted octanol–water partition coefficient (Wildman–Crippen LogP) is 0.344. The summed E-state index contributed by atoms with van der Waals surface area (Å²) in [7, 11) is 0. The second kappa shape index (κ2) is 7.83. The van der Waals surface area contributed by atoms with Crippen LogP contribution in [0.3, 0.4) is 0 Å². The first kappa shape index (κ1) is 16.4. The number of carbonyl (C=O) groups excluding carboxylic acids is 2. The van der Waals surface area contributed by atoms with E-state index in [-0.39, 0.29) is 24.9 Å². The zero-order chi connectivity index (χ0) is 15.8. The molecule has 8 heteroatoms. The first-order valence-corrected chi connectivity index (χ1v) is 6.19. The largest absolute Gasteiger partial charge is 0.480 e. The van der Waals surface area contributed by atoms with Crippen LogP contribution in [0.15, 0.2) is 24.3 Å². The van der Waals surface area contributed by atoms with Gasteiger partial charge in [-0.1, -0.05) is 18.2 Å². The molecule has 0 heterocycles. The highest BCUT2D eigenvalue weighted by Crippen LogP contribution is 2.05. The topological polar surface area (TPSA) is 122 Å². The summed E-state index contributed by atoms with van der Waals surface area (Å²) in [6.07, 6.45) is -0.275. The van der Waals surface area contributed by atoms with E-state index in [9.17, 15) is 18.8 Å². The smallest absolute Gasteiger partial charge is 0.326 e. The van der Waals surface area contributed by atoms with E-state index in [1.54, 1.807) is 6.07 Å². The van der Waals surface area contributed by atoms with Crippen molar-refractivity contribution in [3.8, 4) is 0 Å². The molecule has 0 saturated heterocycles. The fourth-order valence-corrected chi connectivity index (χ4v) is 1.57. The first-order chi connectivity index (χ1) is 9.90. The van der Waals surface area contributed by atoms with Crippen molar-refractivity contribution in [2.24, 2.45) is 5.73 Å². The van der Waals surface area contributed by atoms with Crippen LogP contribution >= 0.6 is 0 Å². The van der Waals surface area contributed by atoms with Gasteiger partial charge in [0.05, 0.1) is 0 Å². The summed E-state index contributed by atoms with van der Waals surface area (Å²) in [6.45, 7) is -0.0827. The maximum absolute atomic E-state index is 13.3. The van der Waals surface area contributed by atoms with Crippen molar-refractivity contribution in [3.63, 3.8) is 0 Å². The SMILES string of the molecule is NC(=O)CC[C@H](NC(=O)NCc1ccccc1F)C(=O)O. The molecule has 1 aromatic rings. The van der Waals surface area contributed by atoms with Gasteiger partial charge >= 0.3 is 12.0 Å². The highest BCUT2D eigenvalue weighted by Gasteiger charge is 2.20. The van der Waals surface area contributed by atoms with Gasteiger partial charge in [0.25, 0.3) is 0 Å². The Hall–Kier alpha value is -2.64. The molecule has 0 unspecified atom stereocenters. The Kier molecular flexibility index (Phi) is 6.12. The number of amides is 3. The molecule has 0 saturated carbocycles. The van der Waals surface area contributed by atoms with Gasteiger partial charge in [-0.25, -0.2) is 14.0 Å². The minimum atomic E-state index is -1.28. The molecule has 0 bridgehead atoms. The Morgan fingerprint density at radius 3 is 2.52 bits per heavy atom. The molecule has 1 rings (SSSR count). The molecule has 0 spiro atoms. The van der Waals surface area contributed by atoms with Gasteiger partial charge in [0.2, 0.25) is 5.91 Å². The summed E-state index contributed by atoms with van der Waals surface area (Å²) in [5.74, 6) is -2.41. The molecule has 0 radical (unpaired) electrons. The number of urea groups is 1. The predicted molar refractivity (Wildman–Crippen MR) is 71.6 cm³/mol. The third kappa shape index (κ3) is 5.89. The number of rotatable bonds is 7. The van der Waals surface area contributed by atoms with Gasteiger partial charge in [0.1, 0.15) is 11.9 Å². The molecule has 0 aliphatic rings. The van der Waals surface area contributed by atoms with Crippen molar-refractivity contribution in [1.82, 2.24) is 10.6 Å². The molecule has 1 atom stereocenters. The second-order valence-corrected chi connectivity index (χ2v) is 4.31. The fourth-order valence-electron chi connectivity index (χ4n) is 1.57. The van der Waals surface area contributed by atoms with Crippen LogP contribution in [0.5, 0.6) is 0 Å². The minimum Gasteiger partial charge on any atom is -0.480 e. The highest BCUT2D eigenvalue weighted by molar-refractivity contribution is 5.83. The average molecular weight is 297 g/mol. The van der Waals surface area contributed by atoms with Gasteiger partial charge in [-0.05, 0) is 12.5 Å². The van der Waals surface area contributed by atoms with E-state index in [0.29, 0.717) is 0 Å². The Morgan fingerprint density at radius 2 is 1.95 bits per heavy atom. The zero-order valence-electron chi connectivity index (χ0n) is 11.1. The maximum Gasteiger partial charge on any atom is 0.326 e. The molecule has 0 aliphatic carbocycles. The normalized spacial score (nSPS) is 11.5. The molecule has 7 nitrogen and oxygen atoms in total. The van der Waals surface area contributed by atoms with E-state index in [2.05, 4.69) is 10.6 Å². The monoisotopic (exact) mass is 297 g/mol. The highest BCUT2D eigenvalue weighted by atomic mass is 19.1. The maximum atomic E-state index is 13.3. The van der Waals surface area contributed by atoms with Crippen molar-refractivity contribution in [2.75, 3.05) is 0 Å². The number of carboxylic acid groups (broad SMARTS) is 1. The number of nitrogens with one attached hydrogen (secondary N) is 2. The summed E-state index contributed by atoms with van der Waals surface area (Å²) >= 11 is 0. The molecule has 0 aromatic heterocycles. The number of hydrogen-bond donors (Lipinski definition) is 4. The van der Waals surface area contributed by atoms with Crippen LogP contribution < -0.4 is 16.4 Å². The summed E-state index contributed by atoms with van der Waals surface area (Å²) in [4.78, 5) is 33.1. The van der Waals surface area contributed by atoms with Crippen LogP contribution in [0, 0.1) is 5.82 Å². The van der Waals surface area contributed by atoms with Crippen LogP contribution in [0.2, 0.25) is 0 Å². The number of carboxylic acids is 1. The number of hydrogen-bond acceptors (Lipinski definition) is 3. The third-order valence-electron chi connectivity index (χ3n) is 2.68. The standard InChI is InChI=1S/C13H16FN3O4/c14-9-4-2-1-3-8(9)7-16-13(21)17-10(12(19)20)5-6-11(15)18/h1-4,10H,5-7H2,(H2,15,18)(H,19,20)(H2,16,17,21)/t10-/m0/s1. The third-order valence-corrected chi connectivity index (χ3v) is 2.68. The second-order valence-electron chi connectivity index (χ2n) is 4.31. The molecule has 1 aromatic carbocycles. The molecule has 0 aliphatic heterocycles. The molecular formula is C13H16FN3O4. The quantitative estimate of drug-likeness (QED) is 0.580. The van der Waals surface area contributed by atoms with Gasteiger partial charge in [0, 0.05) is 18.5 Å². The Balaban J connectivity index is 2.49. The van der Waals surface area contributed by atoms with Gasteiger partial charge in [0.15, 0.2) is 0 Å². The fraction of sp³-hybridized carbons (Fsp3) is 0.308. The van der Waals surface area contributed by atoms with Crippen molar-refractivity contribution >= 4 is 17.9 Å². The van der Waals surface area contributed by atoms with Crippen molar-refractivity contribution < 1.29 is 23.9 Å². The van der Waals surface area contributed by atoms with Crippen molar-refractivity contribution in [2.45, 2.75) is 25.4 Å². The lowest BCUT2D eigenvalue weighted by atomic mass is 10.1. The van der Waals surface area contributed by atoms with E-state index in [1.807, 2.05) is 0 Å². The molecular weight excluding hydrogens is 281 g/mol. The van der Waals surface area contributed by atoms with E-state index in [4.69, 9.17) is 10.8 Å². The lowest BCUT2D eigenvalue weighted by molar-refractivity contribution is -0.139. The van der Waals surface area contributed by atoms with E-state index in [0.717, 1.165) is 0 Å².